The molecule has 1 heterocycles. The molecule has 1 radical (unpaired) electrons. The van der Waals surface area contributed by atoms with E-state index < -0.39 is 0 Å². The van der Waals surface area contributed by atoms with Gasteiger partial charge in [0.1, 0.15) is 0 Å². The smallest absolute Gasteiger partial charge is 0.0258 e. The Morgan fingerprint density at radius 2 is 2.50 bits per heavy atom. The van der Waals surface area contributed by atoms with Crippen molar-refractivity contribution >= 4 is 0 Å². The van der Waals surface area contributed by atoms with E-state index in [0.717, 1.165) is 32.1 Å². The van der Waals surface area contributed by atoms with E-state index in [1.54, 1.807) is 0 Å². The second kappa shape index (κ2) is 3.05. The minimum atomic E-state index is 0.748. The van der Waals surface area contributed by atoms with Gasteiger partial charge in [0.2, 0.25) is 0 Å². The zero-order chi connectivity index (χ0) is 5.82. The van der Waals surface area contributed by atoms with E-state index in [9.17, 15) is 0 Å². The number of hydrogen-bond acceptors (Lipinski definition) is 1. The molecule has 47 valence electrons. The number of nitrogens with one attached hydrogen (secondary N) is 1. The van der Waals surface area contributed by atoms with Crippen LogP contribution in [-0.2, 0) is 0 Å². The topological polar surface area (TPSA) is 26.1 Å². The van der Waals surface area contributed by atoms with Gasteiger partial charge >= 0.3 is 0 Å². The molecule has 0 amide bonds. The van der Waals surface area contributed by atoms with E-state index in [4.69, 9.17) is 0 Å². The van der Waals surface area contributed by atoms with E-state index >= 15 is 0 Å². The molecule has 1 atom stereocenters. The lowest BCUT2D eigenvalue weighted by Crippen LogP contribution is -2.20. The summed E-state index contributed by atoms with van der Waals surface area (Å²) in [6.45, 7) is 6.49. The largest absolute Gasteiger partial charge is 0.315 e. The molecule has 1 fully saturated rings. The van der Waals surface area contributed by atoms with Crippen LogP contribution in [0, 0.1) is 5.92 Å². The first kappa shape index (κ1) is 6.05. The fourth-order valence-corrected chi connectivity index (χ4v) is 0.883. The van der Waals surface area contributed by atoms with Gasteiger partial charge in [-0.15, -0.1) is 0 Å². The van der Waals surface area contributed by atoms with E-state index in [1.165, 1.54) is 0 Å². The Labute approximate surface area is 50.7 Å². The summed E-state index contributed by atoms with van der Waals surface area (Å²) >= 11 is 0. The van der Waals surface area contributed by atoms with Crippen LogP contribution in [0.4, 0.5) is 0 Å². The summed E-state index contributed by atoms with van der Waals surface area (Å²) in [7, 11) is 0. The van der Waals surface area contributed by atoms with Crippen molar-refractivity contribution in [3.05, 3.63) is 0 Å². The van der Waals surface area contributed by atoms with Gasteiger partial charge in [0.05, 0.1) is 0 Å². The lowest BCUT2D eigenvalue weighted by Gasteiger charge is -2.03. The molecule has 1 aliphatic heterocycles. The molecule has 1 N–H and O–H groups in total. The number of hydrogen-bond donors (Lipinski definition) is 1. The molecule has 1 saturated heterocycles. The van der Waals surface area contributed by atoms with Gasteiger partial charge in [-0.25, -0.2) is 5.32 Å². The molecule has 0 aromatic rings. The highest BCUT2D eigenvalue weighted by atomic mass is 15.0. The van der Waals surface area contributed by atoms with Gasteiger partial charge in [0.25, 0.3) is 0 Å². The predicted octanol–water partition coefficient (Wildman–Crippen LogP) is -0.170. The number of nitrogens with zero attached hydrogens (tertiary/aromatic N) is 1. The summed E-state index contributed by atoms with van der Waals surface area (Å²) in [5.41, 5.74) is 0. The van der Waals surface area contributed by atoms with Crippen molar-refractivity contribution in [2.24, 2.45) is 5.92 Å². The molecule has 2 nitrogen and oxygen atoms in total. The monoisotopic (exact) mass is 113 g/mol. The molecule has 0 spiro atoms. The average Bonchev–Trinajstić information content (AvgIpc) is 1.94. The van der Waals surface area contributed by atoms with Crippen molar-refractivity contribution in [3.8, 4) is 0 Å². The normalized spacial score (nSPS) is 25.1. The Bertz CT molecular complexity index is 55.5. The van der Waals surface area contributed by atoms with Gasteiger partial charge in [-0.2, -0.15) is 0 Å². The zero-order valence-corrected chi connectivity index (χ0v) is 5.35. The zero-order valence-electron chi connectivity index (χ0n) is 5.35. The standard InChI is InChI=1S/C6H13N2/c1-6-4-7-2-3-8-5-6/h6-7H,2-5H2,1H3. The van der Waals surface area contributed by atoms with E-state index in [1.807, 2.05) is 0 Å². The lowest BCUT2D eigenvalue weighted by atomic mass is 10.2. The third-order valence-electron chi connectivity index (χ3n) is 1.38. The Kier molecular flexibility index (Phi) is 2.30. The van der Waals surface area contributed by atoms with Crippen molar-refractivity contribution in [3.63, 3.8) is 0 Å². The molecule has 0 aromatic carbocycles. The Morgan fingerprint density at radius 1 is 1.62 bits per heavy atom. The highest BCUT2D eigenvalue weighted by molar-refractivity contribution is 4.64. The SMILES string of the molecule is CC1C[N]CCNC1. The van der Waals surface area contributed by atoms with E-state index in [2.05, 4.69) is 17.6 Å². The summed E-state index contributed by atoms with van der Waals surface area (Å²) in [5.74, 6) is 0.748. The minimum Gasteiger partial charge on any atom is -0.315 e. The molecule has 0 aromatic heterocycles. The van der Waals surface area contributed by atoms with Gasteiger partial charge in [-0.1, -0.05) is 6.92 Å². The summed E-state index contributed by atoms with van der Waals surface area (Å²) in [6.07, 6.45) is 0. The Morgan fingerprint density at radius 3 is 3.38 bits per heavy atom. The number of rotatable bonds is 0. The van der Waals surface area contributed by atoms with Crippen LogP contribution in [0.2, 0.25) is 0 Å². The van der Waals surface area contributed by atoms with Gasteiger partial charge < -0.3 is 5.32 Å². The van der Waals surface area contributed by atoms with E-state index in [0.29, 0.717) is 0 Å². The first-order chi connectivity index (χ1) is 3.89. The predicted molar refractivity (Wildman–Crippen MR) is 33.9 cm³/mol. The van der Waals surface area contributed by atoms with Crippen molar-refractivity contribution in [2.45, 2.75) is 6.92 Å². The van der Waals surface area contributed by atoms with Gasteiger partial charge in [0.15, 0.2) is 0 Å². The average molecular weight is 113 g/mol. The maximum Gasteiger partial charge on any atom is 0.0258 e. The van der Waals surface area contributed by atoms with Crippen LogP contribution < -0.4 is 10.6 Å². The Balaban J connectivity index is 2.17. The third-order valence-corrected chi connectivity index (χ3v) is 1.38. The van der Waals surface area contributed by atoms with Gasteiger partial charge in [-0.3, -0.25) is 0 Å². The van der Waals surface area contributed by atoms with Crippen molar-refractivity contribution in [1.29, 1.82) is 0 Å². The maximum absolute atomic E-state index is 4.29. The molecule has 1 unspecified atom stereocenters. The van der Waals surface area contributed by atoms with Crippen molar-refractivity contribution in [2.75, 3.05) is 26.2 Å². The molecule has 8 heavy (non-hydrogen) atoms. The lowest BCUT2D eigenvalue weighted by molar-refractivity contribution is 0.541. The summed E-state index contributed by atoms with van der Waals surface area (Å²) in [4.78, 5) is 0. The van der Waals surface area contributed by atoms with E-state index in [-0.39, 0.29) is 0 Å². The second-order valence-corrected chi connectivity index (χ2v) is 2.44. The maximum atomic E-state index is 4.29. The van der Waals surface area contributed by atoms with Crippen LogP contribution in [0.3, 0.4) is 0 Å². The molecular weight excluding hydrogens is 100 g/mol. The second-order valence-electron chi connectivity index (χ2n) is 2.44. The van der Waals surface area contributed by atoms with Crippen LogP contribution in [0.15, 0.2) is 0 Å². The first-order valence-corrected chi connectivity index (χ1v) is 3.23. The molecule has 2 heteroatoms. The van der Waals surface area contributed by atoms with Crippen LogP contribution in [0.5, 0.6) is 0 Å². The summed E-state index contributed by atoms with van der Waals surface area (Å²) in [6, 6.07) is 0. The Hall–Kier alpha value is -0.0800. The quantitative estimate of drug-likeness (QED) is 0.464. The fraction of sp³-hybridized carbons (Fsp3) is 1.00. The molecule has 0 bridgehead atoms. The summed E-state index contributed by atoms with van der Waals surface area (Å²) < 4.78 is 0. The molecule has 1 aliphatic rings. The van der Waals surface area contributed by atoms with Crippen molar-refractivity contribution < 1.29 is 0 Å². The van der Waals surface area contributed by atoms with Gasteiger partial charge in [0, 0.05) is 19.6 Å². The highest BCUT2D eigenvalue weighted by Crippen LogP contribution is 1.91. The fourth-order valence-electron chi connectivity index (χ4n) is 0.883. The molecular formula is C6H13N2. The molecule has 1 rings (SSSR count). The third kappa shape index (κ3) is 1.80. The summed E-state index contributed by atoms with van der Waals surface area (Å²) in [5, 5.41) is 7.59. The van der Waals surface area contributed by atoms with Crippen LogP contribution in [0.1, 0.15) is 6.92 Å². The minimum absolute atomic E-state index is 0.748. The van der Waals surface area contributed by atoms with Crippen molar-refractivity contribution in [1.82, 2.24) is 10.6 Å². The highest BCUT2D eigenvalue weighted by Gasteiger charge is 2.04. The molecule has 0 saturated carbocycles. The molecule has 0 aliphatic carbocycles. The van der Waals surface area contributed by atoms with Crippen LogP contribution >= 0.6 is 0 Å². The van der Waals surface area contributed by atoms with Gasteiger partial charge in [-0.05, 0) is 12.5 Å². The van der Waals surface area contributed by atoms with Crippen LogP contribution in [-0.4, -0.2) is 26.2 Å². The first-order valence-electron chi connectivity index (χ1n) is 3.23. The van der Waals surface area contributed by atoms with Crippen LogP contribution in [0.25, 0.3) is 0 Å².